The van der Waals surface area contributed by atoms with Crippen LogP contribution in [0.3, 0.4) is 0 Å². The smallest absolute Gasteiger partial charge is 0.296 e. The fourth-order valence-electron chi connectivity index (χ4n) is 2.72. The highest BCUT2D eigenvalue weighted by molar-refractivity contribution is 7.19. The van der Waals surface area contributed by atoms with Gasteiger partial charge in [-0.3, -0.25) is 5.32 Å². The van der Waals surface area contributed by atoms with Gasteiger partial charge in [-0.05, 0) is 43.7 Å². The minimum atomic E-state index is -4.16. The van der Waals surface area contributed by atoms with E-state index in [0.29, 0.717) is 0 Å². The lowest BCUT2D eigenvalue weighted by atomic mass is 10.1. The van der Waals surface area contributed by atoms with Gasteiger partial charge in [0, 0.05) is 15.6 Å². The molecule has 1 aromatic heterocycles. The number of hydrogen-bond acceptors (Lipinski definition) is 2. The molecule has 1 atom stereocenters. The summed E-state index contributed by atoms with van der Waals surface area (Å²) in [6.07, 6.45) is -3.79. The zero-order valence-electron chi connectivity index (χ0n) is 11.3. The van der Waals surface area contributed by atoms with E-state index in [2.05, 4.69) is 5.32 Å². The minimum absolute atomic E-state index is 0.185. The standard InChI is InChI=1S/C15H16F3NS/c1-9-11-5-3-4-6-12(11)20-13(9)10(2)19-14(7-8-14)15(16,17)18/h3-6,10,19H,7-8H2,1-2H3. The Kier molecular flexibility index (Phi) is 3.10. The summed E-state index contributed by atoms with van der Waals surface area (Å²) in [5.74, 6) is 0. The summed E-state index contributed by atoms with van der Waals surface area (Å²) in [6.45, 7) is 3.81. The van der Waals surface area contributed by atoms with Crippen molar-refractivity contribution >= 4 is 21.4 Å². The topological polar surface area (TPSA) is 12.0 Å². The number of hydrogen-bond donors (Lipinski definition) is 1. The van der Waals surface area contributed by atoms with Crippen LogP contribution in [0.5, 0.6) is 0 Å². The second-order valence-electron chi connectivity index (χ2n) is 5.53. The van der Waals surface area contributed by atoms with Gasteiger partial charge in [0.1, 0.15) is 5.54 Å². The van der Waals surface area contributed by atoms with Crippen LogP contribution in [-0.2, 0) is 0 Å². The maximum atomic E-state index is 13.0. The number of alkyl halides is 3. The lowest BCUT2D eigenvalue weighted by Gasteiger charge is -2.25. The third-order valence-electron chi connectivity index (χ3n) is 4.06. The first-order valence-corrected chi connectivity index (χ1v) is 7.48. The molecule has 3 rings (SSSR count). The van der Waals surface area contributed by atoms with Crippen molar-refractivity contribution in [3.8, 4) is 0 Å². The van der Waals surface area contributed by atoms with Gasteiger partial charge in [0.05, 0.1) is 0 Å². The lowest BCUT2D eigenvalue weighted by molar-refractivity contribution is -0.167. The molecule has 2 aromatic rings. The highest BCUT2D eigenvalue weighted by Crippen LogP contribution is 2.50. The van der Waals surface area contributed by atoms with Gasteiger partial charge < -0.3 is 0 Å². The van der Waals surface area contributed by atoms with Gasteiger partial charge in [0.2, 0.25) is 0 Å². The molecule has 1 fully saturated rings. The normalized spacial score (nSPS) is 19.2. The monoisotopic (exact) mass is 299 g/mol. The van der Waals surface area contributed by atoms with Gasteiger partial charge in [-0.2, -0.15) is 13.2 Å². The van der Waals surface area contributed by atoms with Crippen molar-refractivity contribution < 1.29 is 13.2 Å². The Morgan fingerprint density at radius 2 is 1.90 bits per heavy atom. The van der Waals surface area contributed by atoms with E-state index in [1.165, 1.54) is 0 Å². The Morgan fingerprint density at radius 3 is 2.45 bits per heavy atom. The lowest BCUT2D eigenvalue weighted by Crippen LogP contribution is -2.45. The minimum Gasteiger partial charge on any atom is -0.296 e. The Hall–Kier alpha value is -1.07. The first-order valence-electron chi connectivity index (χ1n) is 6.66. The number of benzene rings is 1. The molecule has 0 spiro atoms. The highest BCUT2D eigenvalue weighted by Gasteiger charge is 2.63. The van der Waals surface area contributed by atoms with E-state index in [0.717, 1.165) is 20.5 Å². The van der Waals surface area contributed by atoms with Crippen LogP contribution in [0, 0.1) is 6.92 Å². The maximum Gasteiger partial charge on any atom is 0.406 e. The average molecular weight is 299 g/mol. The fourth-order valence-corrected chi connectivity index (χ4v) is 3.93. The van der Waals surface area contributed by atoms with Crippen molar-refractivity contribution in [2.24, 2.45) is 0 Å². The predicted octanol–water partition coefficient (Wildman–Crippen LogP) is 4.96. The third kappa shape index (κ3) is 2.13. The van der Waals surface area contributed by atoms with Crippen molar-refractivity contribution in [1.82, 2.24) is 5.32 Å². The molecule has 1 aliphatic rings. The van der Waals surface area contributed by atoms with Crippen LogP contribution in [0.4, 0.5) is 13.2 Å². The summed E-state index contributed by atoms with van der Waals surface area (Å²) in [5, 5.41) is 3.95. The molecule has 1 unspecified atom stereocenters. The maximum absolute atomic E-state index is 13.0. The molecule has 0 amide bonds. The Bertz CT molecular complexity index is 640. The summed E-state index contributed by atoms with van der Waals surface area (Å²) in [5.41, 5.74) is -0.571. The van der Waals surface area contributed by atoms with E-state index in [9.17, 15) is 13.2 Å². The molecular weight excluding hydrogens is 283 g/mol. The first kappa shape index (κ1) is 13.9. The van der Waals surface area contributed by atoms with Crippen molar-refractivity contribution in [2.75, 3.05) is 0 Å². The molecular formula is C15H16F3NS. The van der Waals surface area contributed by atoms with E-state index >= 15 is 0 Å². The predicted molar refractivity (Wildman–Crippen MR) is 76.1 cm³/mol. The molecule has 1 aliphatic carbocycles. The summed E-state index contributed by atoms with van der Waals surface area (Å²) >= 11 is 1.58. The molecule has 108 valence electrons. The zero-order chi connectivity index (χ0) is 14.5. The van der Waals surface area contributed by atoms with Gasteiger partial charge in [-0.25, -0.2) is 0 Å². The van der Waals surface area contributed by atoms with Crippen LogP contribution < -0.4 is 5.32 Å². The Balaban J connectivity index is 1.90. The molecule has 1 nitrogen and oxygen atoms in total. The van der Waals surface area contributed by atoms with Crippen LogP contribution in [0.15, 0.2) is 24.3 Å². The number of rotatable bonds is 3. The summed E-state index contributed by atoms with van der Waals surface area (Å²) in [7, 11) is 0. The number of halogens is 3. The van der Waals surface area contributed by atoms with E-state index < -0.39 is 11.7 Å². The van der Waals surface area contributed by atoms with Crippen molar-refractivity contribution in [3.63, 3.8) is 0 Å². The van der Waals surface area contributed by atoms with Crippen LogP contribution in [-0.4, -0.2) is 11.7 Å². The summed E-state index contributed by atoms with van der Waals surface area (Å²) < 4.78 is 40.2. The largest absolute Gasteiger partial charge is 0.406 e. The van der Waals surface area contributed by atoms with Gasteiger partial charge in [-0.15, -0.1) is 11.3 Å². The van der Waals surface area contributed by atoms with Gasteiger partial charge in [0.25, 0.3) is 0 Å². The van der Waals surface area contributed by atoms with E-state index in [4.69, 9.17) is 0 Å². The van der Waals surface area contributed by atoms with Crippen LogP contribution in [0.25, 0.3) is 10.1 Å². The zero-order valence-corrected chi connectivity index (χ0v) is 12.2. The molecule has 1 saturated carbocycles. The fraction of sp³-hybridized carbons (Fsp3) is 0.467. The molecule has 5 heteroatoms. The van der Waals surface area contributed by atoms with Crippen LogP contribution >= 0.6 is 11.3 Å². The quantitative estimate of drug-likeness (QED) is 0.845. The van der Waals surface area contributed by atoms with Gasteiger partial charge in [-0.1, -0.05) is 18.2 Å². The van der Waals surface area contributed by atoms with Crippen molar-refractivity contribution in [3.05, 3.63) is 34.7 Å². The van der Waals surface area contributed by atoms with Crippen molar-refractivity contribution in [1.29, 1.82) is 0 Å². The third-order valence-corrected chi connectivity index (χ3v) is 5.51. The molecule has 0 bridgehead atoms. The molecule has 1 heterocycles. The number of aryl methyl sites for hydroxylation is 1. The van der Waals surface area contributed by atoms with Crippen LogP contribution in [0.1, 0.15) is 36.2 Å². The van der Waals surface area contributed by atoms with Crippen LogP contribution in [0.2, 0.25) is 0 Å². The Labute approximate surface area is 119 Å². The number of thiophene rings is 1. The molecule has 1 aromatic carbocycles. The highest BCUT2D eigenvalue weighted by atomic mass is 32.1. The average Bonchev–Trinajstić information content (AvgIpc) is 3.09. The second-order valence-corrected chi connectivity index (χ2v) is 6.62. The summed E-state index contributed by atoms with van der Waals surface area (Å²) in [6, 6.07) is 7.67. The van der Waals surface area contributed by atoms with E-state index in [1.54, 1.807) is 11.3 Å². The molecule has 0 saturated heterocycles. The second kappa shape index (κ2) is 4.46. The summed E-state index contributed by atoms with van der Waals surface area (Å²) in [4.78, 5) is 1.00. The van der Waals surface area contributed by atoms with E-state index in [-0.39, 0.29) is 18.9 Å². The molecule has 0 radical (unpaired) electrons. The van der Waals surface area contributed by atoms with Gasteiger partial charge in [0.15, 0.2) is 0 Å². The Morgan fingerprint density at radius 1 is 1.25 bits per heavy atom. The van der Waals surface area contributed by atoms with E-state index in [1.807, 2.05) is 38.1 Å². The number of nitrogens with one attached hydrogen (secondary N) is 1. The molecule has 0 aliphatic heterocycles. The SMILES string of the molecule is Cc1c(C(C)NC2(C(F)(F)F)CC2)sc2ccccc12. The molecule has 20 heavy (non-hydrogen) atoms. The first-order chi connectivity index (χ1) is 9.34. The van der Waals surface area contributed by atoms with Crippen molar-refractivity contribution in [2.45, 2.75) is 44.4 Å². The van der Waals surface area contributed by atoms with Gasteiger partial charge >= 0.3 is 6.18 Å². The number of fused-ring (bicyclic) bond motifs is 1. The molecule has 1 N–H and O–H groups in total.